The lowest BCUT2D eigenvalue weighted by atomic mass is 9.85. The van der Waals surface area contributed by atoms with E-state index in [1.807, 2.05) is 17.0 Å². The summed E-state index contributed by atoms with van der Waals surface area (Å²) in [6, 6.07) is 12.4. The molecule has 3 heterocycles. The Morgan fingerprint density at radius 1 is 1.12 bits per heavy atom. The van der Waals surface area contributed by atoms with Gasteiger partial charge in [-0.2, -0.15) is 0 Å². The first-order valence-electron chi connectivity index (χ1n) is 8.74. The van der Waals surface area contributed by atoms with E-state index in [1.165, 1.54) is 11.1 Å². The Morgan fingerprint density at radius 3 is 2.79 bits per heavy atom. The molecule has 1 aromatic carbocycles. The van der Waals surface area contributed by atoms with E-state index < -0.39 is 0 Å². The molecule has 0 bridgehead atoms. The zero-order chi connectivity index (χ0) is 16.6. The first kappa shape index (κ1) is 15.5. The van der Waals surface area contributed by atoms with Crippen molar-refractivity contribution in [3.63, 3.8) is 0 Å². The Balaban J connectivity index is 1.41. The normalized spacial score (nSPS) is 24.4. The van der Waals surface area contributed by atoms with Gasteiger partial charge in [-0.15, -0.1) is 0 Å². The molecule has 24 heavy (non-hydrogen) atoms. The number of aryl methyl sites for hydroxylation is 1. The van der Waals surface area contributed by atoms with E-state index in [9.17, 15) is 4.79 Å². The summed E-state index contributed by atoms with van der Waals surface area (Å²) in [6.07, 6.45) is 3.66. The van der Waals surface area contributed by atoms with E-state index in [1.54, 1.807) is 6.26 Å². The van der Waals surface area contributed by atoms with Crippen LogP contribution in [-0.4, -0.2) is 35.3 Å². The van der Waals surface area contributed by atoms with Gasteiger partial charge in [0, 0.05) is 19.6 Å². The highest BCUT2D eigenvalue weighted by Gasteiger charge is 2.50. The van der Waals surface area contributed by atoms with Crippen LogP contribution in [0.1, 0.15) is 29.7 Å². The van der Waals surface area contributed by atoms with Crippen LogP contribution in [0.15, 0.2) is 47.1 Å². The lowest BCUT2D eigenvalue weighted by Crippen LogP contribution is -2.36. The smallest absolute Gasteiger partial charge is 0.230 e. The fraction of sp³-hybridized carbons (Fsp3) is 0.450. The molecule has 1 spiro atoms. The maximum Gasteiger partial charge on any atom is 0.230 e. The largest absolute Gasteiger partial charge is 0.468 e. The predicted molar refractivity (Wildman–Crippen MR) is 92.2 cm³/mol. The first-order valence-corrected chi connectivity index (χ1v) is 8.74. The number of benzene rings is 1. The van der Waals surface area contributed by atoms with E-state index in [0.717, 1.165) is 51.3 Å². The molecule has 1 atom stereocenters. The van der Waals surface area contributed by atoms with Gasteiger partial charge in [0.25, 0.3) is 0 Å². The highest BCUT2D eigenvalue weighted by Crippen LogP contribution is 2.41. The molecule has 2 aliphatic rings. The molecular weight excluding hydrogens is 300 g/mol. The summed E-state index contributed by atoms with van der Waals surface area (Å²) in [5.74, 6) is 1.32. The number of carbonyl (C=O) groups excluding carboxylic acids is 1. The van der Waals surface area contributed by atoms with Gasteiger partial charge >= 0.3 is 0 Å². The molecule has 0 aliphatic carbocycles. The summed E-state index contributed by atoms with van der Waals surface area (Å²) in [5.41, 5.74) is 2.31. The first-order chi connectivity index (χ1) is 11.6. The van der Waals surface area contributed by atoms with Gasteiger partial charge in [-0.1, -0.05) is 29.8 Å². The van der Waals surface area contributed by atoms with Crippen molar-refractivity contribution in [2.24, 2.45) is 5.41 Å². The fourth-order valence-electron chi connectivity index (χ4n) is 4.17. The van der Waals surface area contributed by atoms with Crippen molar-refractivity contribution in [2.75, 3.05) is 19.6 Å². The van der Waals surface area contributed by atoms with E-state index in [-0.39, 0.29) is 5.41 Å². The van der Waals surface area contributed by atoms with Crippen molar-refractivity contribution in [3.8, 4) is 0 Å². The number of rotatable bonds is 4. The topological polar surface area (TPSA) is 36.7 Å². The van der Waals surface area contributed by atoms with Crippen LogP contribution < -0.4 is 0 Å². The van der Waals surface area contributed by atoms with Crippen LogP contribution in [0, 0.1) is 12.3 Å². The molecule has 0 radical (unpaired) electrons. The molecule has 0 saturated carbocycles. The van der Waals surface area contributed by atoms with Gasteiger partial charge in [-0.25, -0.2) is 0 Å². The number of likely N-dealkylation sites (tertiary alicyclic amines) is 2. The second-order valence-electron chi connectivity index (χ2n) is 7.29. The third-order valence-corrected chi connectivity index (χ3v) is 5.45. The molecule has 1 unspecified atom stereocenters. The third-order valence-electron chi connectivity index (χ3n) is 5.45. The van der Waals surface area contributed by atoms with E-state index in [0.29, 0.717) is 5.91 Å². The molecule has 1 amide bonds. The summed E-state index contributed by atoms with van der Waals surface area (Å²) in [4.78, 5) is 17.4. The van der Waals surface area contributed by atoms with Crippen LogP contribution in [0.2, 0.25) is 0 Å². The van der Waals surface area contributed by atoms with Crippen LogP contribution >= 0.6 is 0 Å². The Kier molecular flexibility index (Phi) is 3.93. The molecule has 4 nitrogen and oxygen atoms in total. The number of hydrogen-bond acceptors (Lipinski definition) is 3. The second kappa shape index (κ2) is 6.10. The Morgan fingerprint density at radius 2 is 2.00 bits per heavy atom. The van der Waals surface area contributed by atoms with Gasteiger partial charge in [0.15, 0.2) is 0 Å². The molecular formula is C20H24N2O2. The number of carbonyl (C=O) groups is 1. The quantitative estimate of drug-likeness (QED) is 0.866. The Labute approximate surface area is 143 Å². The molecule has 2 saturated heterocycles. The van der Waals surface area contributed by atoms with Crippen LogP contribution in [0.25, 0.3) is 0 Å². The van der Waals surface area contributed by atoms with Crippen molar-refractivity contribution in [2.45, 2.75) is 32.9 Å². The average molecular weight is 324 g/mol. The van der Waals surface area contributed by atoms with E-state index in [2.05, 4.69) is 36.1 Å². The van der Waals surface area contributed by atoms with Gasteiger partial charge in [0.05, 0.1) is 18.2 Å². The Hall–Kier alpha value is -2.07. The molecule has 2 fully saturated rings. The van der Waals surface area contributed by atoms with Crippen molar-refractivity contribution in [1.82, 2.24) is 9.80 Å². The van der Waals surface area contributed by atoms with Gasteiger partial charge in [-0.05, 0) is 44.0 Å². The predicted octanol–water partition coefficient (Wildman–Crippen LogP) is 3.21. The maximum atomic E-state index is 13.0. The molecule has 0 N–H and O–H groups in total. The highest BCUT2D eigenvalue weighted by molar-refractivity contribution is 5.85. The summed E-state index contributed by atoms with van der Waals surface area (Å²) < 4.78 is 5.45. The second-order valence-corrected chi connectivity index (χ2v) is 7.29. The number of nitrogens with zero attached hydrogens (tertiary/aromatic N) is 2. The van der Waals surface area contributed by atoms with Gasteiger partial charge < -0.3 is 9.32 Å². The fourth-order valence-corrected chi connectivity index (χ4v) is 4.17. The van der Waals surface area contributed by atoms with Gasteiger partial charge in [0.1, 0.15) is 5.76 Å². The lowest BCUT2D eigenvalue weighted by Gasteiger charge is -2.23. The van der Waals surface area contributed by atoms with Crippen LogP contribution in [0.4, 0.5) is 0 Å². The molecule has 126 valence electrons. The number of amides is 1. The highest BCUT2D eigenvalue weighted by atomic mass is 16.3. The lowest BCUT2D eigenvalue weighted by molar-refractivity contribution is -0.136. The Bertz CT molecular complexity index is 725. The minimum Gasteiger partial charge on any atom is -0.468 e. The molecule has 4 heteroatoms. The van der Waals surface area contributed by atoms with Crippen molar-refractivity contribution >= 4 is 5.91 Å². The summed E-state index contributed by atoms with van der Waals surface area (Å²) in [5, 5.41) is 0. The standard InChI is InChI=1S/C20H24N2O2/c1-16-4-2-5-17(12-16)13-22-10-8-20(19(22)23)7-9-21(15-20)14-18-6-3-11-24-18/h2-6,11-12H,7-10,13-15H2,1H3. The average Bonchev–Trinajstić information content (AvgIpc) is 3.27. The molecule has 2 aliphatic heterocycles. The van der Waals surface area contributed by atoms with Crippen molar-refractivity contribution in [3.05, 3.63) is 59.5 Å². The summed E-state index contributed by atoms with van der Waals surface area (Å²) >= 11 is 0. The number of furan rings is 1. The zero-order valence-electron chi connectivity index (χ0n) is 14.2. The van der Waals surface area contributed by atoms with Gasteiger partial charge in [-0.3, -0.25) is 9.69 Å². The third kappa shape index (κ3) is 2.86. The maximum absolute atomic E-state index is 13.0. The van der Waals surface area contributed by atoms with E-state index >= 15 is 0 Å². The van der Waals surface area contributed by atoms with E-state index in [4.69, 9.17) is 4.42 Å². The molecule has 4 rings (SSSR count). The van der Waals surface area contributed by atoms with Crippen LogP contribution in [-0.2, 0) is 17.9 Å². The van der Waals surface area contributed by atoms with Crippen LogP contribution in [0.3, 0.4) is 0 Å². The SMILES string of the molecule is Cc1cccc(CN2CCC3(CCN(Cc4ccco4)C3)C2=O)c1. The van der Waals surface area contributed by atoms with Crippen molar-refractivity contribution < 1.29 is 9.21 Å². The molecule has 2 aromatic rings. The minimum absolute atomic E-state index is 0.170. The van der Waals surface area contributed by atoms with Crippen molar-refractivity contribution in [1.29, 1.82) is 0 Å². The van der Waals surface area contributed by atoms with Crippen LogP contribution in [0.5, 0.6) is 0 Å². The molecule has 1 aromatic heterocycles. The monoisotopic (exact) mass is 324 g/mol. The zero-order valence-corrected chi connectivity index (χ0v) is 14.2. The number of hydrogen-bond donors (Lipinski definition) is 0. The summed E-state index contributed by atoms with van der Waals surface area (Å²) in [7, 11) is 0. The summed E-state index contributed by atoms with van der Waals surface area (Å²) in [6.45, 7) is 6.35. The minimum atomic E-state index is -0.170. The van der Waals surface area contributed by atoms with Gasteiger partial charge in [0.2, 0.25) is 5.91 Å².